The van der Waals surface area contributed by atoms with Crippen molar-refractivity contribution in [2.75, 3.05) is 9.80 Å². The minimum Gasteiger partial charge on any atom is -0.372 e. The molecule has 0 saturated carbocycles. The van der Waals surface area contributed by atoms with Crippen LogP contribution in [0.1, 0.15) is 54.9 Å². The third-order valence-electron chi connectivity index (χ3n) is 9.25. The van der Waals surface area contributed by atoms with Gasteiger partial charge in [-0.15, -0.1) is 0 Å². The van der Waals surface area contributed by atoms with Crippen LogP contribution < -0.4 is 20.9 Å². The van der Waals surface area contributed by atoms with Crippen molar-refractivity contribution in [1.29, 1.82) is 0 Å². The molecule has 3 unspecified atom stereocenters. The van der Waals surface area contributed by atoms with E-state index in [-0.39, 0.29) is 6.17 Å². The van der Waals surface area contributed by atoms with E-state index in [0.29, 0.717) is 12.0 Å². The maximum absolute atomic E-state index is 6.25. The van der Waals surface area contributed by atoms with Gasteiger partial charge in [0.25, 0.3) is 0 Å². The van der Waals surface area contributed by atoms with Crippen LogP contribution in [0.3, 0.4) is 0 Å². The number of rotatable bonds is 3. The molecule has 3 N–H and O–H groups in total. The first kappa shape index (κ1) is 32.6. The molecule has 4 aromatic carbocycles. The van der Waals surface area contributed by atoms with E-state index in [1.807, 2.05) is 44.4 Å². The Morgan fingerprint density at radius 3 is 2.35 bits per heavy atom. The van der Waals surface area contributed by atoms with Crippen LogP contribution in [0.25, 0.3) is 11.1 Å². The minimum absolute atomic E-state index is 0.147. The zero-order chi connectivity index (χ0) is 33.5. The molecule has 8 rings (SSSR count). The standard InChI is InChI=1S/C23H23N3.C19H17N.C2H6/c24-23-18(10-6-14-25-23)16-12-13-22-20(15-16)19-9-4-5-11-21(19)26(22)17-7-2-1-3-8-17;1-15-9-7-8-14-20(18-12-5-3-10-16(18)2)19-13-6-4-11-17(15)19;1-2/h1-3,5-8,10-15,19,21,23,25H,4,9,24H2;3-14H,1H2,2H3;1-2H3/b;9-7-,14-8-;. The summed E-state index contributed by atoms with van der Waals surface area (Å²) in [5.41, 5.74) is 18.5. The Labute approximate surface area is 286 Å². The molecule has 4 aliphatic rings. The minimum atomic E-state index is -0.147. The van der Waals surface area contributed by atoms with Gasteiger partial charge in [-0.2, -0.15) is 0 Å². The topological polar surface area (TPSA) is 44.5 Å². The summed E-state index contributed by atoms with van der Waals surface area (Å²) in [7, 11) is 0. The summed E-state index contributed by atoms with van der Waals surface area (Å²) in [6, 6.07) is 34.8. The molecule has 1 aliphatic carbocycles. The van der Waals surface area contributed by atoms with Gasteiger partial charge in [-0.25, -0.2) is 0 Å². The van der Waals surface area contributed by atoms with Crippen molar-refractivity contribution in [3.05, 3.63) is 181 Å². The molecule has 0 fully saturated rings. The lowest BCUT2D eigenvalue weighted by Gasteiger charge is -2.30. The number of hydrogen-bond acceptors (Lipinski definition) is 4. The van der Waals surface area contributed by atoms with Gasteiger partial charge in [-0.05, 0) is 102 Å². The van der Waals surface area contributed by atoms with Gasteiger partial charge < -0.3 is 20.9 Å². The van der Waals surface area contributed by atoms with Gasteiger partial charge in [-0.3, -0.25) is 0 Å². The van der Waals surface area contributed by atoms with Crippen LogP contribution in [0.2, 0.25) is 0 Å². The van der Waals surface area contributed by atoms with E-state index in [0.717, 1.165) is 28.8 Å². The molecule has 242 valence electrons. The number of para-hydroxylation sites is 3. The van der Waals surface area contributed by atoms with Gasteiger partial charge in [0, 0.05) is 34.7 Å². The summed E-state index contributed by atoms with van der Waals surface area (Å²) in [6.07, 6.45) is 21.2. The van der Waals surface area contributed by atoms with E-state index in [1.165, 1.54) is 40.2 Å². The lowest BCUT2D eigenvalue weighted by atomic mass is 9.85. The fourth-order valence-corrected chi connectivity index (χ4v) is 6.99. The van der Waals surface area contributed by atoms with Crippen LogP contribution >= 0.6 is 0 Å². The Balaban J connectivity index is 0.000000164. The summed E-state index contributed by atoms with van der Waals surface area (Å²) in [5, 5.41) is 3.20. The molecule has 3 atom stereocenters. The smallest absolute Gasteiger partial charge is 0.101 e. The second-order valence-electron chi connectivity index (χ2n) is 12.1. The number of fused-ring (bicyclic) bond motifs is 4. The quantitative estimate of drug-likeness (QED) is 0.221. The Bertz CT molecular complexity index is 1890. The summed E-state index contributed by atoms with van der Waals surface area (Å²) in [6.45, 7) is 10.3. The molecule has 4 nitrogen and oxygen atoms in total. The van der Waals surface area contributed by atoms with Gasteiger partial charge >= 0.3 is 0 Å². The highest BCUT2D eigenvalue weighted by molar-refractivity contribution is 5.86. The van der Waals surface area contributed by atoms with E-state index in [1.54, 1.807) is 0 Å². The van der Waals surface area contributed by atoms with Gasteiger partial charge in [-0.1, -0.05) is 111 Å². The van der Waals surface area contributed by atoms with E-state index in [9.17, 15) is 0 Å². The normalized spacial score (nSPS) is 21.4. The van der Waals surface area contributed by atoms with E-state index in [4.69, 9.17) is 5.73 Å². The molecule has 4 aromatic rings. The number of dihydropyridines is 1. The third-order valence-corrected chi connectivity index (χ3v) is 9.25. The molecule has 0 spiro atoms. The molecular weight excluding hydrogens is 585 g/mol. The fourth-order valence-electron chi connectivity index (χ4n) is 6.99. The number of hydrogen-bond donors (Lipinski definition) is 2. The van der Waals surface area contributed by atoms with Crippen LogP contribution in [0.4, 0.5) is 22.7 Å². The van der Waals surface area contributed by atoms with Crippen molar-refractivity contribution in [3.8, 4) is 0 Å². The van der Waals surface area contributed by atoms with Gasteiger partial charge in [0.2, 0.25) is 0 Å². The highest BCUT2D eigenvalue weighted by Gasteiger charge is 2.39. The Morgan fingerprint density at radius 1 is 0.812 bits per heavy atom. The number of nitrogens with zero attached hydrogens (tertiary/aromatic N) is 2. The van der Waals surface area contributed by atoms with Crippen LogP contribution in [0.15, 0.2) is 159 Å². The van der Waals surface area contributed by atoms with Crippen molar-refractivity contribution >= 4 is 33.9 Å². The van der Waals surface area contributed by atoms with E-state index >= 15 is 0 Å². The lowest BCUT2D eigenvalue weighted by molar-refractivity contribution is 0.573. The van der Waals surface area contributed by atoms with Crippen molar-refractivity contribution in [2.45, 2.75) is 51.7 Å². The summed E-state index contributed by atoms with van der Waals surface area (Å²) in [5.74, 6) is 0.541. The summed E-state index contributed by atoms with van der Waals surface area (Å²) < 4.78 is 0. The van der Waals surface area contributed by atoms with E-state index < -0.39 is 0 Å². The van der Waals surface area contributed by atoms with E-state index in [2.05, 4.69) is 150 Å². The van der Waals surface area contributed by atoms with Crippen LogP contribution in [0, 0.1) is 6.92 Å². The summed E-state index contributed by atoms with van der Waals surface area (Å²) >= 11 is 0. The second-order valence-corrected chi connectivity index (χ2v) is 12.1. The molecule has 0 saturated heterocycles. The van der Waals surface area contributed by atoms with Crippen molar-refractivity contribution in [2.24, 2.45) is 5.73 Å². The fraction of sp³-hybridized carbons (Fsp3) is 0.182. The lowest BCUT2D eigenvalue weighted by Crippen LogP contribution is -2.36. The molecule has 0 bridgehead atoms. The zero-order valence-electron chi connectivity index (χ0n) is 28.3. The van der Waals surface area contributed by atoms with Crippen molar-refractivity contribution < 1.29 is 0 Å². The first-order chi connectivity index (χ1) is 23.6. The molecule has 0 radical (unpaired) electrons. The third kappa shape index (κ3) is 6.58. The first-order valence-electron chi connectivity index (χ1n) is 17.1. The Morgan fingerprint density at radius 2 is 1.56 bits per heavy atom. The average molecular weight is 631 g/mol. The number of anilines is 4. The molecule has 4 heteroatoms. The highest BCUT2D eigenvalue weighted by Crippen LogP contribution is 2.50. The molecule has 0 amide bonds. The highest BCUT2D eigenvalue weighted by atomic mass is 15.2. The maximum Gasteiger partial charge on any atom is 0.101 e. The second kappa shape index (κ2) is 15.1. The predicted octanol–water partition coefficient (Wildman–Crippen LogP) is 10.7. The number of nitrogens with two attached hydrogens (primary N) is 1. The van der Waals surface area contributed by atoms with Gasteiger partial charge in [0.05, 0.1) is 11.7 Å². The number of nitrogens with one attached hydrogen (secondary N) is 1. The zero-order valence-corrected chi connectivity index (χ0v) is 28.3. The number of allylic oxidation sites excluding steroid dienone is 7. The molecular formula is C44H46N4. The van der Waals surface area contributed by atoms with Gasteiger partial charge in [0.15, 0.2) is 0 Å². The van der Waals surface area contributed by atoms with Crippen molar-refractivity contribution in [3.63, 3.8) is 0 Å². The monoisotopic (exact) mass is 630 g/mol. The van der Waals surface area contributed by atoms with Gasteiger partial charge in [0.1, 0.15) is 6.17 Å². The number of benzene rings is 4. The van der Waals surface area contributed by atoms with Crippen molar-refractivity contribution in [1.82, 2.24) is 5.32 Å². The molecule has 3 heterocycles. The SMILES string of the molecule is C=C1/C=C\C=C/N(c2ccccc2C)c2ccccc21.CC.NC1NC=CC=C1c1ccc2c(c1)C1CCC=CC1N2c1ccccc1. The Hall–Kier alpha value is -5.32. The predicted molar refractivity (Wildman–Crippen MR) is 207 cm³/mol. The number of aryl methyl sites for hydroxylation is 1. The average Bonchev–Trinajstić information content (AvgIpc) is 3.47. The van der Waals surface area contributed by atoms with Crippen LogP contribution in [-0.4, -0.2) is 12.2 Å². The summed E-state index contributed by atoms with van der Waals surface area (Å²) in [4.78, 5) is 4.71. The maximum atomic E-state index is 6.25. The Kier molecular flexibility index (Phi) is 10.2. The van der Waals surface area contributed by atoms with Crippen LogP contribution in [0.5, 0.6) is 0 Å². The first-order valence-corrected chi connectivity index (χ1v) is 17.1. The largest absolute Gasteiger partial charge is 0.372 e. The van der Waals surface area contributed by atoms with Crippen LogP contribution in [-0.2, 0) is 0 Å². The molecule has 0 aromatic heterocycles. The molecule has 3 aliphatic heterocycles. The molecule has 48 heavy (non-hydrogen) atoms.